The number of halogens is 3. The van der Waals surface area contributed by atoms with Crippen LogP contribution >= 0.6 is 31.9 Å². The summed E-state index contributed by atoms with van der Waals surface area (Å²) in [6.45, 7) is -0.357. The van der Waals surface area contributed by atoms with Crippen molar-refractivity contribution >= 4 is 37.5 Å². The molecule has 0 aliphatic rings. The van der Waals surface area contributed by atoms with E-state index in [1.165, 1.54) is 6.07 Å². The maximum atomic E-state index is 13.5. The van der Waals surface area contributed by atoms with Crippen molar-refractivity contribution in [3.05, 3.63) is 26.4 Å². The first kappa shape index (κ1) is 11.9. The van der Waals surface area contributed by atoms with Crippen LogP contribution in [0.4, 0.5) is 10.1 Å². The molecule has 0 radical (unpaired) electrons. The largest absolute Gasteiger partial charge is 0.397 e. The maximum Gasteiger partial charge on any atom is 0.144 e. The lowest BCUT2D eigenvalue weighted by atomic mass is 10.1. The Morgan fingerprint density at radius 2 is 2.00 bits per heavy atom. The molecule has 1 aromatic rings. The van der Waals surface area contributed by atoms with Crippen molar-refractivity contribution in [2.24, 2.45) is 5.73 Å². The highest BCUT2D eigenvalue weighted by Crippen LogP contribution is 2.34. The highest BCUT2D eigenvalue weighted by molar-refractivity contribution is 9.11. The van der Waals surface area contributed by atoms with Gasteiger partial charge in [0, 0.05) is 10.0 Å². The molecule has 3 nitrogen and oxygen atoms in total. The van der Waals surface area contributed by atoms with Gasteiger partial charge in [-0.2, -0.15) is 0 Å². The second kappa shape index (κ2) is 4.57. The van der Waals surface area contributed by atoms with Gasteiger partial charge >= 0.3 is 0 Å². The Kier molecular flexibility index (Phi) is 3.88. The summed E-state index contributed by atoms with van der Waals surface area (Å²) in [6, 6.07) is 0.682. The SMILES string of the molecule is Nc1c(Br)cc(Br)c(F)c1[C@H](N)CO. The molecule has 1 atom stereocenters. The summed E-state index contributed by atoms with van der Waals surface area (Å²) < 4.78 is 14.3. The van der Waals surface area contributed by atoms with Gasteiger partial charge in [0.2, 0.25) is 0 Å². The minimum absolute atomic E-state index is 0.119. The molecule has 0 bridgehead atoms. The molecular formula is C8H9Br2FN2O. The van der Waals surface area contributed by atoms with Crippen LogP contribution in [0.15, 0.2) is 15.0 Å². The predicted molar refractivity (Wildman–Crippen MR) is 60.2 cm³/mol. The van der Waals surface area contributed by atoms with Crippen molar-refractivity contribution in [2.45, 2.75) is 6.04 Å². The molecule has 1 rings (SSSR count). The van der Waals surface area contributed by atoms with Gasteiger partial charge in [-0.3, -0.25) is 0 Å². The summed E-state index contributed by atoms with van der Waals surface area (Å²) in [5, 5.41) is 8.84. The van der Waals surface area contributed by atoms with Crippen molar-refractivity contribution in [3.8, 4) is 0 Å². The van der Waals surface area contributed by atoms with Crippen LogP contribution < -0.4 is 11.5 Å². The Bertz CT molecular complexity index is 333. The molecule has 0 aliphatic heterocycles. The molecule has 5 N–H and O–H groups in total. The van der Waals surface area contributed by atoms with E-state index in [0.29, 0.717) is 4.47 Å². The second-order valence-corrected chi connectivity index (χ2v) is 4.48. The molecule has 0 aromatic heterocycles. The molecule has 0 aliphatic carbocycles. The number of nitrogens with two attached hydrogens (primary N) is 2. The molecule has 6 heteroatoms. The number of aliphatic hydroxyl groups excluding tert-OH is 1. The zero-order chi connectivity index (χ0) is 10.9. The lowest BCUT2D eigenvalue weighted by Crippen LogP contribution is -2.18. The van der Waals surface area contributed by atoms with Crippen LogP contribution in [0, 0.1) is 5.82 Å². The van der Waals surface area contributed by atoms with E-state index in [2.05, 4.69) is 31.9 Å². The standard InChI is InChI=1S/C8H9Br2FN2O/c9-3-1-4(10)8(13)6(7(3)11)5(12)2-14/h1,5,14H,2,12-13H2/t5-/m1/s1. The molecule has 0 fully saturated rings. The van der Waals surface area contributed by atoms with Gasteiger partial charge < -0.3 is 16.6 Å². The van der Waals surface area contributed by atoms with E-state index in [1.54, 1.807) is 0 Å². The van der Waals surface area contributed by atoms with Crippen molar-refractivity contribution < 1.29 is 9.50 Å². The van der Waals surface area contributed by atoms with Gasteiger partial charge in [-0.1, -0.05) is 0 Å². The summed E-state index contributed by atoms with van der Waals surface area (Å²) in [5.74, 6) is -0.535. The van der Waals surface area contributed by atoms with Gasteiger partial charge in [-0.25, -0.2) is 4.39 Å². The third-order valence-corrected chi connectivity index (χ3v) is 3.05. The Morgan fingerprint density at radius 1 is 1.43 bits per heavy atom. The lowest BCUT2D eigenvalue weighted by Gasteiger charge is -2.15. The van der Waals surface area contributed by atoms with Crippen molar-refractivity contribution in [1.29, 1.82) is 0 Å². The molecule has 78 valence electrons. The molecule has 14 heavy (non-hydrogen) atoms. The third kappa shape index (κ3) is 2.08. The number of nitrogen functional groups attached to an aromatic ring is 1. The molecular weight excluding hydrogens is 319 g/mol. The van der Waals surface area contributed by atoms with Gasteiger partial charge in [0.25, 0.3) is 0 Å². The van der Waals surface area contributed by atoms with Gasteiger partial charge in [0.1, 0.15) is 5.82 Å². The zero-order valence-electron chi connectivity index (χ0n) is 7.10. The Labute approximate surface area is 97.5 Å². The smallest absolute Gasteiger partial charge is 0.144 e. The van der Waals surface area contributed by atoms with Gasteiger partial charge in [0.15, 0.2) is 0 Å². The fraction of sp³-hybridized carbons (Fsp3) is 0.250. The van der Waals surface area contributed by atoms with E-state index < -0.39 is 11.9 Å². The van der Waals surface area contributed by atoms with Crippen molar-refractivity contribution in [3.63, 3.8) is 0 Å². The number of hydrogen-bond donors (Lipinski definition) is 3. The molecule has 0 saturated carbocycles. The van der Waals surface area contributed by atoms with E-state index in [4.69, 9.17) is 16.6 Å². The fourth-order valence-electron chi connectivity index (χ4n) is 1.08. The quantitative estimate of drug-likeness (QED) is 0.574. The fourth-order valence-corrected chi connectivity index (χ4v) is 2.27. The van der Waals surface area contributed by atoms with E-state index in [0.717, 1.165) is 0 Å². The molecule has 0 amide bonds. The van der Waals surface area contributed by atoms with Crippen molar-refractivity contribution in [1.82, 2.24) is 0 Å². The first-order valence-corrected chi connectivity index (χ1v) is 5.37. The maximum absolute atomic E-state index is 13.5. The average molecular weight is 328 g/mol. The number of rotatable bonds is 2. The predicted octanol–water partition coefficient (Wildman–Crippen LogP) is 1.93. The van der Waals surface area contributed by atoms with Crippen LogP contribution in [0.25, 0.3) is 0 Å². The lowest BCUT2D eigenvalue weighted by molar-refractivity contribution is 0.265. The highest BCUT2D eigenvalue weighted by atomic mass is 79.9. The topological polar surface area (TPSA) is 72.3 Å². The Balaban J connectivity index is 3.39. The van der Waals surface area contributed by atoms with Crippen LogP contribution in [0.3, 0.4) is 0 Å². The summed E-state index contributed by atoms with van der Waals surface area (Å²) in [4.78, 5) is 0. The number of hydrogen-bond acceptors (Lipinski definition) is 3. The normalized spacial score (nSPS) is 12.9. The van der Waals surface area contributed by atoms with Crippen LogP contribution in [0.1, 0.15) is 11.6 Å². The average Bonchev–Trinajstić information content (AvgIpc) is 2.15. The van der Waals surface area contributed by atoms with E-state index >= 15 is 0 Å². The minimum Gasteiger partial charge on any atom is -0.397 e. The highest BCUT2D eigenvalue weighted by Gasteiger charge is 2.19. The summed E-state index contributed by atoms with van der Waals surface area (Å²) >= 11 is 6.20. The van der Waals surface area contributed by atoms with E-state index in [-0.39, 0.29) is 22.3 Å². The number of aliphatic hydroxyl groups is 1. The summed E-state index contributed by atoms with van der Waals surface area (Å²) in [7, 11) is 0. The van der Waals surface area contributed by atoms with Gasteiger partial charge in [-0.05, 0) is 37.9 Å². The Morgan fingerprint density at radius 3 is 2.50 bits per heavy atom. The van der Waals surface area contributed by atoms with Crippen LogP contribution in [0.5, 0.6) is 0 Å². The second-order valence-electron chi connectivity index (χ2n) is 2.77. The molecule has 0 spiro atoms. The van der Waals surface area contributed by atoms with E-state index in [9.17, 15) is 4.39 Å². The Hall–Kier alpha value is -0.170. The molecule has 0 heterocycles. The first-order valence-electron chi connectivity index (χ1n) is 3.78. The number of anilines is 1. The number of benzene rings is 1. The van der Waals surface area contributed by atoms with Crippen molar-refractivity contribution in [2.75, 3.05) is 12.3 Å². The van der Waals surface area contributed by atoms with Gasteiger partial charge in [-0.15, -0.1) is 0 Å². The molecule has 1 aromatic carbocycles. The molecule has 0 unspecified atom stereocenters. The van der Waals surface area contributed by atoms with E-state index in [1.807, 2.05) is 0 Å². The summed E-state index contributed by atoms with van der Waals surface area (Å²) in [5.41, 5.74) is 11.5. The van der Waals surface area contributed by atoms with Crippen LogP contribution in [-0.2, 0) is 0 Å². The van der Waals surface area contributed by atoms with Crippen LogP contribution in [-0.4, -0.2) is 11.7 Å². The van der Waals surface area contributed by atoms with Gasteiger partial charge in [0.05, 0.1) is 22.8 Å². The molecule has 0 saturated heterocycles. The van der Waals surface area contributed by atoms with Crippen LogP contribution in [0.2, 0.25) is 0 Å². The zero-order valence-corrected chi connectivity index (χ0v) is 10.3. The first-order chi connectivity index (χ1) is 6.49. The third-order valence-electron chi connectivity index (χ3n) is 1.81. The minimum atomic E-state index is -0.816. The summed E-state index contributed by atoms with van der Waals surface area (Å²) in [6.07, 6.45) is 0. The monoisotopic (exact) mass is 326 g/mol.